The first-order valence-electron chi connectivity index (χ1n) is 7.62. The average Bonchev–Trinajstić information content (AvgIpc) is 2.54. The summed E-state index contributed by atoms with van der Waals surface area (Å²) in [4.78, 5) is 13.9. The van der Waals surface area contributed by atoms with E-state index in [1.807, 2.05) is 30.3 Å². The van der Waals surface area contributed by atoms with Gasteiger partial charge in [-0.25, -0.2) is 4.79 Å². The maximum Gasteiger partial charge on any atom is 0.317 e. The molecular weight excluding hydrogens is 264 g/mol. The fourth-order valence-corrected chi connectivity index (χ4v) is 2.56. The van der Waals surface area contributed by atoms with Gasteiger partial charge in [-0.2, -0.15) is 0 Å². The lowest BCUT2D eigenvalue weighted by Gasteiger charge is -2.24. The fourth-order valence-electron chi connectivity index (χ4n) is 2.56. The molecule has 0 heterocycles. The summed E-state index contributed by atoms with van der Waals surface area (Å²) < 4.78 is 0. The standard InChI is InChI=1S/C17H24N2O2/c20-12-11-19(14-16-9-5-2-6-10-16)17(21)18-13-15-7-3-1-4-8-15/h1-3,5-6,9-10,15,20H,4,7-8,11-14H2,(H,18,21). The van der Waals surface area contributed by atoms with E-state index in [-0.39, 0.29) is 12.6 Å². The van der Waals surface area contributed by atoms with Gasteiger partial charge >= 0.3 is 6.03 Å². The van der Waals surface area contributed by atoms with E-state index in [1.54, 1.807) is 4.90 Å². The monoisotopic (exact) mass is 288 g/mol. The summed E-state index contributed by atoms with van der Waals surface area (Å²) in [5, 5.41) is 12.1. The third-order valence-corrected chi connectivity index (χ3v) is 3.79. The average molecular weight is 288 g/mol. The van der Waals surface area contributed by atoms with Crippen LogP contribution in [0, 0.1) is 5.92 Å². The van der Waals surface area contributed by atoms with Crippen LogP contribution in [0.15, 0.2) is 42.5 Å². The summed E-state index contributed by atoms with van der Waals surface area (Å²) >= 11 is 0. The van der Waals surface area contributed by atoms with Gasteiger partial charge in [0, 0.05) is 19.6 Å². The van der Waals surface area contributed by atoms with Gasteiger partial charge in [0.25, 0.3) is 0 Å². The molecule has 114 valence electrons. The van der Waals surface area contributed by atoms with E-state index in [0.717, 1.165) is 24.8 Å². The maximum atomic E-state index is 12.3. The Morgan fingerprint density at radius 2 is 2.10 bits per heavy atom. The van der Waals surface area contributed by atoms with Crippen molar-refractivity contribution in [2.24, 2.45) is 5.92 Å². The molecule has 2 N–H and O–H groups in total. The number of urea groups is 1. The summed E-state index contributed by atoms with van der Waals surface area (Å²) in [6, 6.07) is 9.75. The lowest BCUT2D eigenvalue weighted by Crippen LogP contribution is -2.42. The molecule has 0 aliphatic heterocycles. The first-order chi connectivity index (χ1) is 10.3. The number of aliphatic hydroxyl groups is 1. The summed E-state index contributed by atoms with van der Waals surface area (Å²) in [5.74, 6) is 0.534. The molecule has 1 aliphatic rings. The number of carbonyl (C=O) groups excluding carboxylic acids is 1. The Hall–Kier alpha value is -1.81. The number of nitrogens with one attached hydrogen (secondary N) is 1. The molecule has 0 aromatic heterocycles. The molecule has 1 unspecified atom stereocenters. The third kappa shape index (κ3) is 5.23. The Bertz CT molecular complexity index is 459. The Morgan fingerprint density at radius 1 is 1.29 bits per heavy atom. The molecule has 0 spiro atoms. The minimum atomic E-state index is -0.0949. The SMILES string of the molecule is O=C(NCC1CC=CCC1)N(CCO)Cc1ccccc1. The molecule has 1 aliphatic carbocycles. The van der Waals surface area contributed by atoms with Crippen LogP contribution in [-0.4, -0.2) is 35.7 Å². The van der Waals surface area contributed by atoms with Crippen LogP contribution in [0.1, 0.15) is 24.8 Å². The molecule has 1 aromatic rings. The quantitative estimate of drug-likeness (QED) is 0.790. The van der Waals surface area contributed by atoms with E-state index in [1.165, 1.54) is 0 Å². The number of carbonyl (C=O) groups is 1. The van der Waals surface area contributed by atoms with Crippen LogP contribution in [0.5, 0.6) is 0 Å². The van der Waals surface area contributed by atoms with Gasteiger partial charge < -0.3 is 15.3 Å². The lowest BCUT2D eigenvalue weighted by atomic mass is 9.94. The smallest absolute Gasteiger partial charge is 0.317 e. The van der Waals surface area contributed by atoms with Gasteiger partial charge in [0.1, 0.15) is 0 Å². The molecule has 0 saturated heterocycles. The zero-order valence-electron chi connectivity index (χ0n) is 12.4. The van der Waals surface area contributed by atoms with Crippen molar-refractivity contribution >= 4 is 6.03 Å². The Morgan fingerprint density at radius 3 is 2.76 bits per heavy atom. The van der Waals surface area contributed by atoms with Gasteiger partial charge in [0.15, 0.2) is 0 Å². The molecule has 0 bridgehead atoms. The second kappa shape index (κ2) is 8.47. The number of hydrogen-bond acceptors (Lipinski definition) is 2. The van der Waals surface area contributed by atoms with Gasteiger partial charge in [0.2, 0.25) is 0 Å². The Labute approximate surface area is 126 Å². The van der Waals surface area contributed by atoms with Crippen LogP contribution < -0.4 is 5.32 Å². The second-order valence-corrected chi connectivity index (χ2v) is 5.47. The van der Waals surface area contributed by atoms with E-state index in [9.17, 15) is 4.79 Å². The van der Waals surface area contributed by atoms with Gasteiger partial charge in [-0.1, -0.05) is 42.5 Å². The lowest BCUT2D eigenvalue weighted by molar-refractivity contribution is 0.172. The van der Waals surface area contributed by atoms with E-state index >= 15 is 0 Å². The van der Waals surface area contributed by atoms with Gasteiger partial charge in [-0.15, -0.1) is 0 Å². The molecule has 1 atom stereocenters. The highest BCUT2D eigenvalue weighted by molar-refractivity contribution is 5.74. The van der Waals surface area contributed by atoms with Crippen molar-refractivity contribution < 1.29 is 9.90 Å². The van der Waals surface area contributed by atoms with Crippen molar-refractivity contribution in [3.05, 3.63) is 48.0 Å². The number of rotatable bonds is 6. The van der Waals surface area contributed by atoms with Gasteiger partial charge in [0.05, 0.1) is 6.61 Å². The Balaban J connectivity index is 1.84. The predicted octanol–water partition coefficient (Wildman–Crippen LogP) is 2.55. The number of nitrogens with zero attached hydrogens (tertiary/aromatic N) is 1. The van der Waals surface area contributed by atoms with Crippen LogP contribution in [0.25, 0.3) is 0 Å². The Kier molecular flexibility index (Phi) is 6.28. The molecule has 2 amide bonds. The summed E-state index contributed by atoms with van der Waals surface area (Å²) in [6.07, 6.45) is 7.67. The minimum absolute atomic E-state index is 0.0214. The number of aliphatic hydroxyl groups excluding tert-OH is 1. The van der Waals surface area contributed by atoms with Crippen LogP contribution in [0.2, 0.25) is 0 Å². The highest BCUT2D eigenvalue weighted by Gasteiger charge is 2.16. The molecule has 0 saturated carbocycles. The van der Waals surface area contributed by atoms with Crippen molar-refractivity contribution in [2.75, 3.05) is 19.7 Å². The van der Waals surface area contributed by atoms with Crippen LogP contribution >= 0.6 is 0 Å². The highest BCUT2D eigenvalue weighted by Crippen LogP contribution is 2.17. The summed E-state index contributed by atoms with van der Waals surface area (Å²) in [7, 11) is 0. The minimum Gasteiger partial charge on any atom is -0.395 e. The van der Waals surface area contributed by atoms with Crippen molar-refractivity contribution in [3.8, 4) is 0 Å². The van der Waals surface area contributed by atoms with Crippen molar-refractivity contribution in [3.63, 3.8) is 0 Å². The summed E-state index contributed by atoms with van der Waals surface area (Å²) in [6.45, 7) is 1.56. The third-order valence-electron chi connectivity index (χ3n) is 3.79. The molecule has 4 nitrogen and oxygen atoms in total. The highest BCUT2D eigenvalue weighted by atomic mass is 16.3. The normalized spacial score (nSPS) is 17.5. The van der Waals surface area contributed by atoms with E-state index in [4.69, 9.17) is 5.11 Å². The molecule has 2 rings (SSSR count). The zero-order valence-corrected chi connectivity index (χ0v) is 12.4. The van der Waals surface area contributed by atoms with E-state index in [2.05, 4.69) is 17.5 Å². The molecule has 0 radical (unpaired) electrons. The number of hydrogen-bond donors (Lipinski definition) is 2. The summed E-state index contributed by atoms with van der Waals surface area (Å²) in [5.41, 5.74) is 1.07. The first-order valence-corrected chi connectivity index (χ1v) is 7.62. The number of benzene rings is 1. The van der Waals surface area contributed by atoms with Crippen LogP contribution in [0.4, 0.5) is 4.79 Å². The van der Waals surface area contributed by atoms with Crippen LogP contribution in [-0.2, 0) is 6.54 Å². The van der Waals surface area contributed by atoms with Gasteiger partial charge in [-0.3, -0.25) is 0 Å². The molecule has 1 aromatic carbocycles. The number of amides is 2. The van der Waals surface area contributed by atoms with Crippen LogP contribution in [0.3, 0.4) is 0 Å². The van der Waals surface area contributed by atoms with Crippen molar-refractivity contribution in [1.29, 1.82) is 0 Å². The molecule has 0 fully saturated rings. The van der Waals surface area contributed by atoms with Gasteiger partial charge in [-0.05, 0) is 30.7 Å². The molecular formula is C17H24N2O2. The second-order valence-electron chi connectivity index (χ2n) is 5.47. The van der Waals surface area contributed by atoms with E-state index < -0.39 is 0 Å². The fraction of sp³-hybridized carbons (Fsp3) is 0.471. The topological polar surface area (TPSA) is 52.6 Å². The first kappa shape index (κ1) is 15.6. The zero-order chi connectivity index (χ0) is 14.9. The van der Waals surface area contributed by atoms with Crippen molar-refractivity contribution in [1.82, 2.24) is 10.2 Å². The van der Waals surface area contributed by atoms with E-state index in [0.29, 0.717) is 25.6 Å². The maximum absolute atomic E-state index is 12.3. The molecule has 21 heavy (non-hydrogen) atoms. The largest absolute Gasteiger partial charge is 0.395 e. The number of allylic oxidation sites excluding steroid dienone is 2. The molecule has 4 heteroatoms. The predicted molar refractivity (Wildman–Crippen MR) is 83.8 cm³/mol. The van der Waals surface area contributed by atoms with Crippen molar-refractivity contribution in [2.45, 2.75) is 25.8 Å².